The molecule has 0 spiro atoms. The Labute approximate surface area is 163 Å². The predicted octanol–water partition coefficient (Wildman–Crippen LogP) is 4.51. The molecule has 0 saturated carbocycles. The van der Waals surface area contributed by atoms with E-state index in [4.69, 9.17) is 0 Å². The van der Waals surface area contributed by atoms with Gasteiger partial charge in [0.05, 0.1) is 16.8 Å². The predicted molar refractivity (Wildman–Crippen MR) is 110 cm³/mol. The summed E-state index contributed by atoms with van der Waals surface area (Å²) in [6.07, 6.45) is 6.87. The molecule has 2 fully saturated rings. The van der Waals surface area contributed by atoms with E-state index in [0.29, 0.717) is 0 Å². The van der Waals surface area contributed by atoms with E-state index in [0.717, 1.165) is 45.6 Å². The lowest BCUT2D eigenvalue weighted by Crippen LogP contribution is -2.38. The number of carbonyl (C=O) groups is 1. The van der Waals surface area contributed by atoms with E-state index in [1.165, 1.54) is 45.3 Å². The number of piperidine rings is 1. The van der Waals surface area contributed by atoms with Gasteiger partial charge in [-0.3, -0.25) is 9.78 Å². The van der Waals surface area contributed by atoms with Crippen LogP contribution in [0.3, 0.4) is 0 Å². The fourth-order valence-corrected chi connectivity index (χ4v) is 4.78. The van der Waals surface area contributed by atoms with Crippen molar-refractivity contribution in [2.24, 2.45) is 5.92 Å². The number of likely N-dealkylation sites (tertiary alicyclic amines) is 1. The van der Waals surface area contributed by atoms with Crippen LogP contribution in [0.4, 0.5) is 5.69 Å². The zero-order valence-electron chi connectivity index (χ0n) is 15.4. The maximum Gasteiger partial charge on any atom is 0.163 e. The molecule has 0 radical (unpaired) electrons. The summed E-state index contributed by atoms with van der Waals surface area (Å²) in [7, 11) is 0. The number of anilines is 1. The SMILES string of the molecule is CC(=O)c1cnc2ccc(Br)cc2c1N1CCC(CN2CCCC2)CC1. The van der Waals surface area contributed by atoms with Crippen LogP contribution in [0.2, 0.25) is 0 Å². The Hall–Kier alpha value is -1.46. The lowest BCUT2D eigenvalue weighted by Gasteiger charge is -2.36. The van der Waals surface area contributed by atoms with Gasteiger partial charge in [-0.25, -0.2) is 0 Å². The highest BCUT2D eigenvalue weighted by atomic mass is 79.9. The molecule has 0 atom stereocenters. The minimum Gasteiger partial charge on any atom is -0.370 e. The van der Waals surface area contributed by atoms with Gasteiger partial charge in [0.15, 0.2) is 5.78 Å². The van der Waals surface area contributed by atoms with Crippen molar-refractivity contribution in [2.75, 3.05) is 37.6 Å². The van der Waals surface area contributed by atoms with Crippen molar-refractivity contribution in [3.05, 3.63) is 34.4 Å². The number of ketones is 1. The maximum atomic E-state index is 12.2. The number of pyridine rings is 1. The standard InChI is InChI=1S/C21H26BrN3O/c1-15(26)19-13-23-20-5-4-17(22)12-18(20)21(19)25-10-6-16(7-11-25)14-24-8-2-3-9-24/h4-5,12-13,16H,2-3,6-11,14H2,1H3. The second-order valence-electron chi connectivity index (χ2n) is 7.68. The molecular formula is C21H26BrN3O. The molecule has 0 N–H and O–H groups in total. The summed E-state index contributed by atoms with van der Waals surface area (Å²) in [6.45, 7) is 7.48. The molecule has 2 aliphatic heterocycles. The number of rotatable bonds is 4. The third kappa shape index (κ3) is 3.65. The van der Waals surface area contributed by atoms with Crippen LogP contribution in [0, 0.1) is 5.92 Å². The number of fused-ring (bicyclic) bond motifs is 1. The van der Waals surface area contributed by atoms with Crippen molar-refractivity contribution in [2.45, 2.75) is 32.6 Å². The number of benzene rings is 1. The molecule has 2 aliphatic rings. The molecule has 2 saturated heterocycles. The van der Waals surface area contributed by atoms with Gasteiger partial charge in [0.1, 0.15) is 0 Å². The first-order valence-electron chi connectivity index (χ1n) is 9.68. The van der Waals surface area contributed by atoms with Crippen LogP contribution in [-0.4, -0.2) is 48.4 Å². The van der Waals surface area contributed by atoms with Gasteiger partial charge in [0.2, 0.25) is 0 Å². The summed E-state index contributed by atoms with van der Waals surface area (Å²) in [4.78, 5) is 21.8. The number of carbonyl (C=O) groups excluding carboxylic acids is 1. The number of nitrogens with zero attached hydrogens (tertiary/aromatic N) is 3. The van der Waals surface area contributed by atoms with E-state index < -0.39 is 0 Å². The monoisotopic (exact) mass is 415 g/mol. The Morgan fingerprint density at radius 1 is 1.19 bits per heavy atom. The molecule has 4 nitrogen and oxygen atoms in total. The van der Waals surface area contributed by atoms with E-state index in [2.05, 4.69) is 36.8 Å². The highest BCUT2D eigenvalue weighted by Crippen LogP contribution is 2.34. The Balaban J connectivity index is 1.59. The van der Waals surface area contributed by atoms with Crippen LogP contribution in [0.25, 0.3) is 10.9 Å². The van der Waals surface area contributed by atoms with E-state index in [9.17, 15) is 4.79 Å². The Morgan fingerprint density at radius 3 is 2.62 bits per heavy atom. The van der Waals surface area contributed by atoms with Crippen molar-refractivity contribution in [1.29, 1.82) is 0 Å². The van der Waals surface area contributed by atoms with Crippen molar-refractivity contribution in [3.63, 3.8) is 0 Å². The largest absolute Gasteiger partial charge is 0.370 e. The number of hydrogen-bond donors (Lipinski definition) is 0. The minimum absolute atomic E-state index is 0.0913. The average Bonchev–Trinajstić information content (AvgIpc) is 3.14. The molecule has 1 aromatic heterocycles. The van der Waals surface area contributed by atoms with Crippen LogP contribution in [0.1, 0.15) is 43.0 Å². The lowest BCUT2D eigenvalue weighted by atomic mass is 9.94. The summed E-state index contributed by atoms with van der Waals surface area (Å²) in [5.41, 5.74) is 2.77. The molecule has 5 heteroatoms. The molecule has 0 aliphatic carbocycles. The van der Waals surface area contributed by atoms with Crippen LogP contribution in [-0.2, 0) is 0 Å². The van der Waals surface area contributed by atoms with Gasteiger partial charge in [0.25, 0.3) is 0 Å². The first-order chi connectivity index (χ1) is 12.6. The maximum absolute atomic E-state index is 12.2. The number of halogens is 1. The van der Waals surface area contributed by atoms with Gasteiger partial charge >= 0.3 is 0 Å². The molecule has 3 heterocycles. The molecule has 2 aromatic rings. The Morgan fingerprint density at radius 2 is 1.92 bits per heavy atom. The van der Waals surface area contributed by atoms with Gasteiger partial charge in [-0.05, 0) is 69.8 Å². The van der Waals surface area contributed by atoms with Gasteiger partial charge < -0.3 is 9.80 Å². The summed E-state index contributed by atoms with van der Waals surface area (Å²) >= 11 is 3.57. The normalized spacial score (nSPS) is 19.4. The average molecular weight is 416 g/mol. The lowest BCUT2D eigenvalue weighted by molar-refractivity contribution is 0.101. The molecular weight excluding hydrogens is 390 g/mol. The van der Waals surface area contributed by atoms with Crippen LogP contribution < -0.4 is 4.90 Å². The van der Waals surface area contributed by atoms with Crippen molar-refractivity contribution < 1.29 is 4.79 Å². The number of Topliss-reactive ketones (excluding diaryl/α,β-unsaturated/α-hetero) is 1. The van der Waals surface area contributed by atoms with Crippen LogP contribution in [0.15, 0.2) is 28.9 Å². The van der Waals surface area contributed by atoms with Crippen molar-refractivity contribution in [1.82, 2.24) is 9.88 Å². The first kappa shape index (κ1) is 17.9. The smallest absolute Gasteiger partial charge is 0.163 e. The van der Waals surface area contributed by atoms with E-state index >= 15 is 0 Å². The summed E-state index contributed by atoms with van der Waals surface area (Å²) in [6, 6.07) is 6.13. The summed E-state index contributed by atoms with van der Waals surface area (Å²) in [5.74, 6) is 0.874. The van der Waals surface area contributed by atoms with Gasteiger partial charge in [-0.2, -0.15) is 0 Å². The zero-order chi connectivity index (χ0) is 18.1. The molecule has 0 bridgehead atoms. The molecule has 0 unspecified atom stereocenters. The number of aromatic nitrogens is 1. The zero-order valence-corrected chi connectivity index (χ0v) is 17.0. The fraction of sp³-hybridized carbons (Fsp3) is 0.524. The fourth-order valence-electron chi connectivity index (χ4n) is 4.42. The molecule has 4 rings (SSSR count). The van der Waals surface area contributed by atoms with E-state index in [1.54, 1.807) is 13.1 Å². The third-order valence-electron chi connectivity index (χ3n) is 5.83. The van der Waals surface area contributed by atoms with Gasteiger partial charge in [-0.15, -0.1) is 0 Å². The molecule has 1 aromatic carbocycles. The molecule has 138 valence electrons. The van der Waals surface area contributed by atoms with E-state index in [1.807, 2.05) is 12.1 Å². The van der Waals surface area contributed by atoms with Gasteiger partial charge in [0, 0.05) is 35.7 Å². The second kappa shape index (κ2) is 7.65. The topological polar surface area (TPSA) is 36.4 Å². The minimum atomic E-state index is 0.0913. The highest BCUT2D eigenvalue weighted by Gasteiger charge is 2.26. The van der Waals surface area contributed by atoms with Crippen molar-refractivity contribution in [3.8, 4) is 0 Å². The third-order valence-corrected chi connectivity index (χ3v) is 6.32. The second-order valence-corrected chi connectivity index (χ2v) is 8.59. The Bertz CT molecular complexity index is 808. The molecule has 0 amide bonds. The quantitative estimate of drug-likeness (QED) is 0.688. The number of hydrogen-bond acceptors (Lipinski definition) is 4. The van der Waals surface area contributed by atoms with Gasteiger partial charge in [-0.1, -0.05) is 15.9 Å². The Kier molecular flexibility index (Phi) is 5.28. The van der Waals surface area contributed by atoms with Crippen LogP contribution >= 0.6 is 15.9 Å². The summed E-state index contributed by atoms with van der Waals surface area (Å²) in [5, 5.41) is 1.07. The first-order valence-corrected chi connectivity index (χ1v) is 10.5. The van der Waals surface area contributed by atoms with Crippen molar-refractivity contribution >= 4 is 38.3 Å². The molecule has 26 heavy (non-hydrogen) atoms. The highest BCUT2D eigenvalue weighted by molar-refractivity contribution is 9.10. The summed E-state index contributed by atoms with van der Waals surface area (Å²) < 4.78 is 1.03. The van der Waals surface area contributed by atoms with Crippen LogP contribution in [0.5, 0.6) is 0 Å². The van der Waals surface area contributed by atoms with E-state index in [-0.39, 0.29) is 5.78 Å².